The Balaban J connectivity index is 1.62. The first-order chi connectivity index (χ1) is 14.7. The Bertz CT molecular complexity index is 1260. The molecule has 0 fully saturated rings. The van der Waals surface area contributed by atoms with Crippen molar-refractivity contribution >= 4 is 40.1 Å². The van der Waals surface area contributed by atoms with Crippen LogP contribution in [0.25, 0.3) is 10.9 Å². The molecule has 3 aromatic carbocycles. The number of ether oxygens (including phenoxy) is 1. The summed E-state index contributed by atoms with van der Waals surface area (Å²) in [6.45, 7) is 0.561. The van der Waals surface area contributed by atoms with E-state index in [-0.39, 0.29) is 0 Å². The third-order valence-electron chi connectivity index (χ3n) is 5.28. The van der Waals surface area contributed by atoms with Gasteiger partial charge in [0.25, 0.3) is 0 Å². The smallest absolute Gasteiger partial charge is 0.141 e. The Morgan fingerprint density at radius 2 is 1.90 bits per heavy atom. The Kier molecular flexibility index (Phi) is 5.03. The summed E-state index contributed by atoms with van der Waals surface area (Å²) in [7, 11) is 1.67. The number of benzene rings is 3. The number of anilines is 1. The molecular weight excluding hydrogens is 416 g/mol. The molecule has 0 saturated heterocycles. The number of aliphatic hydroxyl groups is 1. The van der Waals surface area contributed by atoms with Crippen LogP contribution in [0.15, 0.2) is 76.5 Å². The van der Waals surface area contributed by atoms with Gasteiger partial charge in [-0.05, 0) is 30.3 Å². The highest BCUT2D eigenvalue weighted by Gasteiger charge is 2.30. The van der Waals surface area contributed by atoms with Crippen LogP contribution in [-0.2, 0) is 6.54 Å². The topological polar surface area (TPSA) is 54.4 Å². The minimum atomic E-state index is -0.769. The van der Waals surface area contributed by atoms with Crippen molar-refractivity contribution in [3.63, 3.8) is 0 Å². The van der Waals surface area contributed by atoms with E-state index in [9.17, 15) is 5.11 Å². The maximum absolute atomic E-state index is 11.3. The highest BCUT2D eigenvalue weighted by atomic mass is 35.5. The SMILES string of the molecule is COc1ccccc1CNc1nc2ccccc2c2c1Sc1ccc(Cl)cc1C2O. The summed E-state index contributed by atoms with van der Waals surface area (Å²) in [4.78, 5) is 6.79. The van der Waals surface area contributed by atoms with E-state index < -0.39 is 6.10 Å². The number of aliphatic hydroxyl groups excluding tert-OH is 1. The van der Waals surface area contributed by atoms with Crippen molar-refractivity contribution in [2.75, 3.05) is 12.4 Å². The maximum atomic E-state index is 11.3. The fourth-order valence-corrected chi connectivity index (χ4v) is 5.20. The molecule has 5 rings (SSSR count). The zero-order chi connectivity index (χ0) is 20.7. The molecular formula is C24H19ClN2O2S. The highest BCUT2D eigenvalue weighted by Crippen LogP contribution is 2.50. The van der Waals surface area contributed by atoms with E-state index >= 15 is 0 Å². The van der Waals surface area contributed by atoms with Crippen LogP contribution in [-0.4, -0.2) is 17.2 Å². The summed E-state index contributed by atoms with van der Waals surface area (Å²) in [5.41, 5.74) is 3.57. The van der Waals surface area contributed by atoms with Gasteiger partial charge in [-0.2, -0.15) is 0 Å². The summed E-state index contributed by atoms with van der Waals surface area (Å²) in [5, 5.41) is 16.3. The van der Waals surface area contributed by atoms with Gasteiger partial charge in [0, 0.05) is 38.5 Å². The van der Waals surface area contributed by atoms with E-state index in [0.29, 0.717) is 11.6 Å². The van der Waals surface area contributed by atoms with Gasteiger partial charge in [0.05, 0.1) is 17.5 Å². The summed E-state index contributed by atoms with van der Waals surface area (Å²) < 4.78 is 5.47. The van der Waals surface area contributed by atoms with Crippen LogP contribution in [0.1, 0.15) is 22.8 Å². The Morgan fingerprint density at radius 3 is 2.77 bits per heavy atom. The molecule has 2 heterocycles. The summed E-state index contributed by atoms with van der Waals surface area (Å²) in [6, 6.07) is 21.4. The molecule has 4 nitrogen and oxygen atoms in total. The van der Waals surface area contributed by atoms with Crippen LogP contribution >= 0.6 is 23.4 Å². The van der Waals surface area contributed by atoms with Crippen molar-refractivity contribution in [3.05, 3.63) is 88.4 Å². The van der Waals surface area contributed by atoms with Gasteiger partial charge in [0.15, 0.2) is 0 Å². The van der Waals surface area contributed by atoms with E-state index in [1.807, 2.05) is 66.7 Å². The summed E-state index contributed by atoms with van der Waals surface area (Å²) in [6.07, 6.45) is -0.769. The number of nitrogens with zero attached hydrogens (tertiary/aromatic N) is 1. The molecule has 0 spiro atoms. The minimum absolute atomic E-state index is 0.561. The molecule has 0 aliphatic carbocycles. The standard InChI is InChI=1S/C24H19ClN2O2S/c1-29-19-9-5-2-6-14(19)13-26-24-23-21(16-7-3-4-8-18(16)27-24)22(28)17-12-15(25)10-11-20(17)30-23/h2-12,22,28H,13H2,1H3,(H,26,27). The van der Waals surface area contributed by atoms with Crippen molar-refractivity contribution in [1.82, 2.24) is 4.98 Å². The van der Waals surface area contributed by atoms with E-state index in [2.05, 4.69) is 5.32 Å². The van der Waals surface area contributed by atoms with Crippen molar-refractivity contribution < 1.29 is 9.84 Å². The predicted molar refractivity (Wildman–Crippen MR) is 122 cm³/mol. The minimum Gasteiger partial charge on any atom is -0.496 e. The van der Waals surface area contributed by atoms with Crippen molar-refractivity contribution in [3.8, 4) is 5.75 Å². The number of fused-ring (bicyclic) bond motifs is 4. The predicted octanol–water partition coefficient (Wildman–Crippen LogP) is 6.06. The number of methoxy groups -OCH3 is 1. The molecule has 1 aliphatic rings. The normalized spacial score (nSPS) is 14.8. The number of hydrogen-bond donors (Lipinski definition) is 2. The molecule has 0 saturated carbocycles. The monoisotopic (exact) mass is 434 g/mol. The zero-order valence-electron chi connectivity index (χ0n) is 16.2. The van der Waals surface area contributed by atoms with Gasteiger partial charge < -0.3 is 15.2 Å². The number of aromatic nitrogens is 1. The molecule has 1 aliphatic heterocycles. The van der Waals surface area contributed by atoms with E-state index in [1.54, 1.807) is 18.9 Å². The molecule has 1 unspecified atom stereocenters. The van der Waals surface area contributed by atoms with Gasteiger partial charge in [-0.15, -0.1) is 0 Å². The van der Waals surface area contributed by atoms with Gasteiger partial charge in [0.1, 0.15) is 17.7 Å². The fourth-order valence-electron chi connectivity index (χ4n) is 3.83. The molecule has 1 atom stereocenters. The molecule has 0 bridgehead atoms. The lowest BCUT2D eigenvalue weighted by molar-refractivity contribution is 0.215. The maximum Gasteiger partial charge on any atom is 0.141 e. The Labute approximate surface area is 183 Å². The second-order valence-corrected chi connectivity index (χ2v) is 8.56. The summed E-state index contributed by atoms with van der Waals surface area (Å²) >= 11 is 7.81. The van der Waals surface area contributed by atoms with Crippen molar-refractivity contribution in [1.29, 1.82) is 0 Å². The van der Waals surface area contributed by atoms with Crippen LogP contribution in [0.4, 0.5) is 5.82 Å². The number of hydrogen-bond acceptors (Lipinski definition) is 5. The number of halogens is 1. The van der Waals surface area contributed by atoms with Crippen molar-refractivity contribution in [2.24, 2.45) is 0 Å². The van der Waals surface area contributed by atoms with E-state index in [0.717, 1.165) is 49.0 Å². The molecule has 0 radical (unpaired) electrons. The zero-order valence-corrected chi connectivity index (χ0v) is 17.8. The molecule has 1 aromatic heterocycles. The van der Waals surface area contributed by atoms with E-state index in [1.165, 1.54) is 0 Å². The van der Waals surface area contributed by atoms with Crippen LogP contribution in [0.5, 0.6) is 5.75 Å². The Hall–Kier alpha value is -2.73. The average molecular weight is 435 g/mol. The van der Waals surface area contributed by atoms with Gasteiger partial charge in [-0.25, -0.2) is 4.98 Å². The van der Waals surface area contributed by atoms with E-state index in [4.69, 9.17) is 21.3 Å². The molecule has 0 amide bonds. The third-order valence-corrected chi connectivity index (χ3v) is 6.72. The second-order valence-electron chi connectivity index (χ2n) is 7.07. The number of pyridine rings is 1. The number of nitrogens with one attached hydrogen (secondary N) is 1. The largest absolute Gasteiger partial charge is 0.496 e. The second kappa shape index (κ2) is 7.84. The highest BCUT2D eigenvalue weighted by molar-refractivity contribution is 7.99. The molecule has 150 valence electrons. The van der Waals surface area contributed by atoms with Gasteiger partial charge in [-0.3, -0.25) is 0 Å². The quantitative estimate of drug-likeness (QED) is 0.409. The molecule has 6 heteroatoms. The number of para-hydroxylation sites is 2. The first-order valence-electron chi connectivity index (χ1n) is 9.59. The fraction of sp³-hybridized carbons (Fsp3) is 0.125. The van der Waals surface area contributed by atoms with Gasteiger partial charge in [0.2, 0.25) is 0 Å². The third kappa shape index (κ3) is 3.29. The Morgan fingerprint density at radius 1 is 1.10 bits per heavy atom. The first kappa shape index (κ1) is 19.2. The lowest BCUT2D eigenvalue weighted by Crippen LogP contribution is -2.13. The van der Waals surface area contributed by atoms with Gasteiger partial charge in [-0.1, -0.05) is 59.8 Å². The van der Waals surface area contributed by atoms with Crippen LogP contribution in [0.3, 0.4) is 0 Å². The number of rotatable bonds is 4. The lowest BCUT2D eigenvalue weighted by Gasteiger charge is -2.27. The summed E-state index contributed by atoms with van der Waals surface area (Å²) in [5.74, 6) is 1.58. The van der Waals surface area contributed by atoms with Crippen LogP contribution < -0.4 is 10.1 Å². The molecule has 2 N–H and O–H groups in total. The molecule has 30 heavy (non-hydrogen) atoms. The van der Waals surface area contributed by atoms with Crippen molar-refractivity contribution in [2.45, 2.75) is 22.4 Å². The average Bonchev–Trinajstić information content (AvgIpc) is 2.78. The van der Waals surface area contributed by atoms with Gasteiger partial charge >= 0.3 is 0 Å². The van der Waals surface area contributed by atoms with Crippen LogP contribution in [0.2, 0.25) is 5.02 Å². The first-order valence-corrected chi connectivity index (χ1v) is 10.8. The molecule has 4 aromatic rings. The lowest BCUT2D eigenvalue weighted by atomic mass is 9.97. The van der Waals surface area contributed by atoms with Crippen LogP contribution in [0, 0.1) is 0 Å².